The van der Waals surface area contributed by atoms with Crippen molar-refractivity contribution in [1.29, 1.82) is 0 Å². The van der Waals surface area contributed by atoms with Crippen LogP contribution in [0.2, 0.25) is 0 Å². The molecule has 1 rings (SSSR count). The number of carbonyl (C=O) groups excluding carboxylic acids is 1. The molecule has 2 unspecified atom stereocenters. The Hall–Kier alpha value is -2.11. The zero-order valence-corrected chi connectivity index (χ0v) is 10.4. The lowest BCUT2D eigenvalue weighted by atomic mass is 10.1. The number of carboxylic acid groups (broad SMARTS) is 1. The summed E-state index contributed by atoms with van der Waals surface area (Å²) in [7, 11) is 0. The van der Waals surface area contributed by atoms with Crippen molar-refractivity contribution < 1.29 is 14.7 Å². The van der Waals surface area contributed by atoms with E-state index in [4.69, 9.17) is 5.11 Å². The molecule has 0 bridgehead atoms. The number of pyridine rings is 1. The highest BCUT2D eigenvalue weighted by Gasteiger charge is 2.18. The summed E-state index contributed by atoms with van der Waals surface area (Å²) in [6, 6.07) is 2.01. The van der Waals surface area contributed by atoms with Crippen LogP contribution in [-0.2, 0) is 4.79 Å². The molecule has 0 fully saturated rings. The normalized spacial score (nSPS) is 13.4. The highest BCUT2D eigenvalue weighted by atomic mass is 16.4. The van der Waals surface area contributed by atoms with Crippen molar-refractivity contribution >= 4 is 12.0 Å². The van der Waals surface area contributed by atoms with Crippen LogP contribution in [0.5, 0.6) is 0 Å². The second-order valence-corrected chi connectivity index (χ2v) is 3.92. The molecule has 0 aromatic carbocycles. The topological polar surface area (TPSA) is 91.3 Å². The minimum Gasteiger partial charge on any atom is -0.480 e. The molecule has 2 atom stereocenters. The Balaban J connectivity index is 2.52. The van der Waals surface area contributed by atoms with Gasteiger partial charge in [-0.1, -0.05) is 13.0 Å². The fourth-order valence-corrected chi connectivity index (χ4v) is 1.45. The summed E-state index contributed by atoms with van der Waals surface area (Å²) >= 11 is 0. The highest BCUT2D eigenvalue weighted by Crippen LogP contribution is 2.09. The predicted molar refractivity (Wildman–Crippen MR) is 66.0 cm³/mol. The molecule has 0 saturated heterocycles. The second kappa shape index (κ2) is 6.58. The molecule has 3 N–H and O–H groups in total. The van der Waals surface area contributed by atoms with E-state index in [1.54, 1.807) is 32.3 Å². The van der Waals surface area contributed by atoms with Gasteiger partial charge in [-0.05, 0) is 25.0 Å². The Kier molecular flexibility index (Phi) is 5.10. The number of nitrogens with one attached hydrogen (secondary N) is 2. The van der Waals surface area contributed by atoms with Crippen LogP contribution in [0.15, 0.2) is 24.5 Å². The molecule has 0 aliphatic carbocycles. The molecule has 0 spiro atoms. The summed E-state index contributed by atoms with van der Waals surface area (Å²) in [6.45, 7) is 3.50. The predicted octanol–water partition coefficient (Wildman–Crippen LogP) is 1.31. The molecule has 1 aromatic rings. The van der Waals surface area contributed by atoms with E-state index >= 15 is 0 Å². The number of aliphatic carboxylic acids is 1. The van der Waals surface area contributed by atoms with Crippen LogP contribution in [0.4, 0.5) is 4.79 Å². The lowest BCUT2D eigenvalue weighted by Gasteiger charge is -2.17. The molecule has 2 amide bonds. The van der Waals surface area contributed by atoms with Gasteiger partial charge < -0.3 is 15.7 Å². The molecular formula is C12H17N3O3. The Morgan fingerprint density at radius 1 is 1.44 bits per heavy atom. The molecule has 0 aliphatic rings. The first-order valence-corrected chi connectivity index (χ1v) is 5.74. The fourth-order valence-electron chi connectivity index (χ4n) is 1.45. The van der Waals surface area contributed by atoms with E-state index in [0.29, 0.717) is 6.42 Å². The monoisotopic (exact) mass is 251 g/mol. The Morgan fingerprint density at radius 3 is 2.67 bits per heavy atom. The van der Waals surface area contributed by atoms with E-state index in [9.17, 15) is 9.59 Å². The lowest BCUT2D eigenvalue weighted by Crippen LogP contribution is -2.46. The van der Waals surface area contributed by atoms with Gasteiger partial charge in [-0.3, -0.25) is 4.98 Å². The Labute approximate surface area is 105 Å². The van der Waals surface area contributed by atoms with Gasteiger partial charge in [0.1, 0.15) is 6.04 Å². The van der Waals surface area contributed by atoms with Crippen LogP contribution in [0.1, 0.15) is 31.9 Å². The average molecular weight is 251 g/mol. The first kappa shape index (κ1) is 14.0. The third-order valence-electron chi connectivity index (χ3n) is 2.54. The van der Waals surface area contributed by atoms with Crippen molar-refractivity contribution in [2.45, 2.75) is 32.4 Å². The Bertz CT molecular complexity index is 408. The smallest absolute Gasteiger partial charge is 0.326 e. The number of hydrogen-bond donors (Lipinski definition) is 3. The molecular weight excluding hydrogens is 234 g/mol. The zero-order chi connectivity index (χ0) is 13.5. The molecule has 1 aromatic heterocycles. The standard InChI is InChI=1S/C12H17N3O3/c1-3-10(11(16)17)15-12(18)14-8(2)9-5-4-6-13-7-9/h4-8,10H,3H2,1-2H3,(H,16,17)(H2,14,15,18). The van der Waals surface area contributed by atoms with Gasteiger partial charge in [0.15, 0.2) is 0 Å². The third-order valence-corrected chi connectivity index (χ3v) is 2.54. The lowest BCUT2D eigenvalue weighted by molar-refractivity contribution is -0.139. The number of carbonyl (C=O) groups is 2. The molecule has 1 heterocycles. The largest absolute Gasteiger partial charge is 0.480 e. The number of carboxylic acids is 1. The number of aromatic nitrogens is 1. The van der Waals surface area contributed by atoms with Gasteiger partial charge in [0.25, 0.3) is 0 Å². The van der Waals surface area contributed by atoms with Crippen LogP contribution >= 0.6 is 0 Å². The third kappa shape index (κ3) is 4.04. The highest BCUT2D eigenvalue weighted by molar-refractivity contribution is 5.82. The van der Waals surface area contributed by atoms with E-state index in [1.165, 1.54) is 0 Å². The van der Waals surface area contributed by atoms with Crippen molar-refractivity contribution in [2.24, 2.45) is 0 Å². The fraction of sp³-hybridized carbons (Fsp3) is 0.417. The van der Waals surface area contributed by atoms with Crippen molar-refractivity contribution in [3.05, 3.63) is 30.1 Å². The maximum absolute atomic E-state index is 11.6. The summed E-state index contributed by atoms with van der Waals surface area (Å²) in [5.41, 5.74) is 0.857. The van der Waals surface area contributed by atoms with Gasteiger partial charge in [-0.15, -0.1) is 0 Å². The van der Waals surface area contributed by atoms with Crippen LogP contribution in [0, 0.1) is 0 Å². The minimum absolute atomic E-state index is 0.231. The van der Waals surface area contributed by atoms with Gasteiger partial charge in [0, 0.05) is 12.4 Å². The summed E-state index contributed by atoms with van der Waals surface area (Å²) < 4.78 is 0. The quantitative estimate of drug-likeness (QED) is 0.735. The van der Waals surface area contributed by atoms with Crippen molar-refractivity contribution in [3.63, 3.8) is 0 Å². The minimum atomic E-state index is -1.04. The number of urea groups is 1. The van der Waals surface area contributed by atoms with E-state index < -0.39 is 18.0 Å². The summed E-state index contributed by atoms with van der Waals surface area (Å²) in [4.78, 5) is 26.3. The van der Waals surface area contributed by atoms with Gasteiger partial charge >= 0.3 is 12.0 Å². The van der Waals surface area contributed by atoms with E-state index in [2.05, 4.69) is 15.6 Å². The van der Waals surface area contributed by atoms with Gasteiger partial charge in [-0.2, -0.15) is 0 Å². The van der Waals surface area contributed by atoms with Crippen LogP contribution in [-0.4, -0.2) is 28.1 Å². The van der Waals surface area contributed by atoms with Crippen LogP contribution in [0.3, 0.4) is 0 Å². The van der Waals surface area contributed by atoms with Crippen LogP contribution in [0.25, 0.3) is 0 Å². The van der Waals surface area contributed by atoms with E-state index in [1.807, 2.05) is 6.07 Å². The van der Waals surface area contributed by atoms with Gasteiger partial charge in [0.05, 0.1) is 6.04 Å². The molecule has 98 valence electrons. The SMILES string of the molecule is CCC(NC(=O)NC(C)c1cccnc1)C(=O)O. The average Bonchev–Trinajstić information content (AvgIpc) is 2.36. The first-order valence-electron chi connectivity index (χ1n) is 5.74. The molecule has 6 nitrogen and oxygen atoms in total. The Morgan fingerprint density at radius 2 is 2.17 bits per heavy atom. The van der Waals surface area contributed by atoms with E-state index in [-0.39, 0.29) is 6.04 Å². The van der Waals surface area contributed by atoms with E-state index in [0.717, 1.165) is 5.56 Å². The number of rotatable bonds is 5. The number of hydrogen-bond acceptors (Lipinski definition) is 3. The van der Waals surface area contributed by atoms with Gasteiger partial charge in [0.2, 0.25) is 0 Å². The van der Waals surface area contributed by atoms with Crippen molar-refractivity contribution in [3.8, 4) is 0 Å². The molecule has 0 aliphatic heterocycles. The molecule has 0 saturated carbocycles. The number of amides is 2. The maximum Gasteiger partial charge on any atom is 0.326 e. The van der Waals surface area contributed by atoms with Crippen molar-refractivity contribution in [2.75, 3.05) is 0 Å². The van der Waals surface area contributed by atoms with Crippen LogP contribution < -0.4 is 10.6 Å². The van der Waals surface area contributed by atoms with Gasteiger partial charge in [-0.25, -0.2) is 9.59 Å². The first-order chi connectivity index (χ1) is 8.54. The molecule has 6 heteroatoms. The maximum atomic E-state index is 11.6. The molecule has 0 radical (unpaired) electrons. The number of nitrogens with zero attached hydrogens (tertiary/aromatic N) is 1. The summed E-state index contributed by atoms with van der Waals surface area (Å²) in [5, 5.41) is 13.9. The molecule has 18 heavy (non-hydrogen) atoms. The second-order valence-electron chi connectivity index (χ2n) is 3.92. The van der Waals surface area contributed by atoms with Crippen molar-refractivity contribution in [1.82, 2.24) is 15.6 Å². The summed E-state index contributed by atoms with van der Waals surface area (Å²) in [5.74, 6) is -1.04. The summed E-state index contributed by atoms with van der Waals surface area (Å²) in [6.07, 6.45) is 3.64. The zero-order valence-electron chi connectivity index (χ0n) is 10.4.